The predicted octanol–water partition coefficient (Wildman–Crippen LogP) is 4.18. The second kappa shape index (κ2) is 5.45. The average molecular weight is 281 g/mol. The summed E-state index contributed by atoms with van der Waals surface area (Å²) in [5, 5.41) is 0. The molecule has 0 aromatic heterocycles. The molecule has 0 heterocycles. The van der Waals surface area contributed by atoms with E-state index < -0.39 is 11.7 Å². The molecular formula is C15H14F3NO. The Hall–Kier alpha value is -2.17. The molecule has 2 N–H and O–H groups in total. The SMILES string of the molecule is Cc1cc(N)ccc1OCc1ccc(C(F)(F)F)cc1. The highest BCUT2D eigenvalue weighted by Gasteiger charge is 2.29. The van der Waals surface area contributed by atoms with Gasteiger partial charge in [0.15, 0.2) is 0 Å². The van der Waals surface area contributed by atoms with Gasteiger partial charge in [-0.3, -0.25) is 0 Å². The number of aryl methyl sites for hydroxylation is 1. The zero-order valence-electron chi connectivity index (χ0n) is 10.9. The first-order chi connectivity index (χ1) is 9.36. The van der Waals surface area contributed by atoms with Crippen molar-refractivity contribution >= 4 is 5.69 Å². The van der Waals surface area contributed by atoms with Gasteiger partial charge in [-0.1, -0.05) is 12.1 Å². The Bertz CT molecular complexity index is 591. The van der Waals surface area contributed by atoms with E-state index in [2.05, 4.69) is 0 Å². The Kier molecular flexibility index (Phi) is 3.88. The summed E-state index contributed by atoms with van der Waals surface area (Å²) in [5.41, 5.74) is 7.17. The fourth-order valence-electron chi connectivity index (χ4n) is 1.79. The molecule has 0 fully saturated rings. The van der Waals surface area contributed by atoms with Crippen LogP contribution >= 0.6 is 0 Å². The van der Waals surface area contributed by atoms with Crippen LogP contribution in [0.1, 0.15) is 16.7 Å². The largest absolute Gasteiger partial charge is 0.489 e. The molecule has 0 unspecified atom stereocenters. The third kappa shape index (κ3) is 3.44. The van der Waals surface area contributed by atoms with Gasteiger partial charge < -0.3 is 10.5 Å². The highest BCUT2D eigenvalue weighted by Crippen LogP contribution is 2.29. The van der Waals surface area contributed by atoms with Gasteiger partial charge in [0.2, 0.25) is 0 Å². The summed E-state index contributed by atoms with van der Waals surface area (Å²) in [7, 11) is 0. The summed E-state index contributed by atoms with van der Waals surface area (Å²) in [6.45, 7) is 2.07. The lowest BCUT2D eigenvalue weighted by molar-refractivity contribution is -0.137. The maximum absolute atomic E-state index is 12.4. The molecule has 0 atom stereocenters. The van der Waals surface area contributed by atoms with Crippen molar-refractivity contribution in [1.82, 2.24) is 0 Å². The minimum atomic E-state index is -4.31. The Labute approximate surface area is 115 Å². The Morgan fingerprint density at radius 1 is 1.05 bits per heavy atom. The first kappa shape index (κ1) is 14.2. The molecule has 0 amide bonds. The summed E-state index contributed by atoms with van der Waals surface area (Å²) in [6.07, 6.45) is -4.31. The molecule has 0 aliphatic carbocycles. The van der Waals surface area contributed by atoms with Crippen molar-refractivity contribution in [2.24, 2.45) is 0 Å². The van der Waals surface area contributed by atoms with Crippen molar-refractivity contribution in [1.29, 1.82) is 0 Å². The highest BCUT2D eigenvalue weighted by atomic mass is 19.4. The van der Waals surface area contributed by atoms with Crippen LogP contribution in [-0.4, -0.2) is 0 Å². The van der Waals surface area contributed by atoms with E-state index in [4.69, 9.17) is 10.5 Å². The van der Waals surface area contributed by atoms with Gasteiger partial charge in [-0.25, -0.2) is 0 Å². The number of rotatable bonds is 3. The van der Waals surface area contributed by atoms with Crippen LogP contribution in [-0.2, 0) is 12.8 Å². The van der Waals surface area contributed by atoms with Crippen molar-refractivity contribution in [3.63, 3.8) is 0 Å². The fourth-order valence-corrected chi connectivity index (χ4v) is 1.79. The molecular weight excluding hydrogens is 267 g/mol. The Morgan fingerprint density at radius 3 is 2.25 bits per heavy atom. The fraction of sp³-hybridized carbons (Fsp3) is 0.200. The van der Waals surface area contributed by atoms with E-state index in [9.17, 15) is 13.2 Å². The molecule has 0 bridgehead atoms. The van der Waals surface area contributed by atoms with Crippen LogP contribution in [0.3, 0.4) is 0 Å². The van der Waals surface area contributed by atoms with Gasteiger partial charge in [0.25, 0.3) is 0 Å². The first-order valence-electron chi connectivity index (χ1n) is 6.01. The quantitative estimate of drug-likeness (QED) is 0.857. The molecule has 2 nitrogen and oxygen atoms in total. The smallest absolute Gasteiger partial charge is 0.416 e. The molecule has 0 aliphatic rings. The first-order valence-corrected chi connectivity index (χ1v) is 6.01. The molecule has 0 saturated heterocycles. The van der Waals surface area contributed by atoms with Crippen LogP contribution in [0.4, 0.5) is 18.9 Å². The summed E-state index contributed by atoms with van der Waals surface area (Å²) in [5.74, 6) is 0.666. The number of nitrogen functional groups attached to an aromatic ring is 1. The van der Waals surface area contributed by atoms with Crippen molar-refractivity contribution in [3.05, 3.63) is 59.2 Å². The number of ether oxygens (including phenoxy) is 1. The average Bonchev–Trinajstić information content (AvgIpc) is 2.37. The van der Waals surface area contributed by atoms with Crippen LogP contribution in [0.15, 0.2) is 42.5 Å². The van der Waals surface area contributed by atoms with Crippen molar-refractivity contribution < 1.29 is 17.9 Å². The number of anilines is 1. The minimum Gasteiger partial charge on any atom is -0.489 e. The molecule has 2 aromatic carbocycles. The third-order valence-electron chi connectivity index (χ3n) is 2.87. The second-order valence-electron chi connectivity index (χ2n) is 4.51. The lowest BCUT2D eigenvalue weighted by Gasteiger charge is -2.11. The summed E-state index contributed by atoms with van der Waals surface area (Å²) in [6, 6.07) is 10.2. The Morgan fingerprint density at radius 2 is 1.70 bits per heavy atom. The minimum absolute atomic E-state index is 0.211. The van der Waals surface area contributed by atoms with E-state index in [1.165, 1.54) is 12.1 Å². The van der Waals surface area contributed by atoms with E-state index in [1.807, 2.05) is 6.92 Å². The van der Waals surface area contributed by atoms with E-state index in [0.29, 0.717) is 17.0 Å². The summed E-state index contributed by atoms with van der Waals surface area (Å²) < 4.78 is 42.8. The number of halogens is 3. The lowest BCUT2D eigenvalue weighted by atomic mass is 10.1. The van der Waals surface area contributed by atoms with Crippen LogP contribution in [0, 0.1) is 6.92 Å². The number of benzene rings is 2. The Balaban J connectivity index is 2.04. The van der Waals surface area contributed by atoms with Gasteiger partial charge in [0, 0.05) is 5.69 Å². The molecule has 0 radical (unpaired) electrons. The topological polar surface area (TPSA) is 35.2 Å². The summed E-state index contributed by atoms with van der Waals surface area (Å²) in [4.78, 5) is 0. The zero-order chi connectivity index (χ0) is 14.8. The van der Waals surface area contributed by atoms with E-state index in [1.54, 1.807) is 18.2 Å². The van der Waals surface area contributed by atoms with Crippen LogP contribution in [0.2, 0.25) is 0 Å². The van der Waals surface area contributed by atoms with Gasteiger partial charge in [-0.05, 0) is 48.4 Å². The molecule has 2 aromatic rings. The predicted molar refractivity (Wildman–Crippen MR) is 71.4 cm³/mol. The monoisotopic (exact) mass is 281 g/mol. The molecule has 0 aliphatic heterocycles. The van der Waals surface area contributed by atoms with Gasteiger partial charge in [-0.2, -0.15) is 13.2 Å². The molecule has 5 heteroatoms. The molecule has 2 rings (SSSR count). The number of hydrogen-bond donors (Lipinski definition) is 1. The van der Waals surface area contributed by atoms with Gasteiger partial charge in [0.05, 0.1) is 5.56 Å². The molecule has 0 saturated carbocycles. The molecule has 0 spiro atoms. The van der Waals surface area contributed by atoms with Crippen LogP contribution in [0.25, 0.3) is 0 Å². The second-order valence-corrected chi connectivity index (χ2v) is 4.51. The lowest BCUT2D eigenvalue weighted by Crippen LogP contribution is -2.05. The molecule has 106 valence electrons. The number of alkyl halides is 3. The van der Waals surface area contributed by atoms with E-state index in [0.717, 1.165) is 17.7 Å². The standard InChI is InChI=1S/C15H14F3NO/c1-10-8-13(19)6-7-14(10)20-9-11-2-4-12(5-3-11)15(16,17)18/h2-8H,9,19H2,1H3. The van der Waals surface area contributed by atoms with Crippen LogP contribution in [0.5, 0.6) is 5.75 Å². The normalized spacial score (nSPS) is 11.4. The third-order valence-corrected chi connectivity index (χ3v) is 2.87. The number of nitrogens with two attached hydrogens (primary N) is 1. The van der Waals surface area contributed by atoms with Gasteiger partial charge in [0.1, 0.15) is 12.4 Å². The molecule has 20 heavy (non-hydrogen) atoms. The van der Waals surface area contributed by atoms with E-state index in [-0.39, 0.29) is 6.61 Å². The number of hydrogen-bond acceptors (Lipinski definition) is 2. The van der Waals surface area contributed by atoms with Crippen molar-refractivity contribution in [3.8, 4) is 5.75 Å². The van der Waals surface area contributed by atoms with Gasteiger partial charge >= 0.3 is 6.18 Å². The maximum Gasteiger partial charge on any atom is 0.416 e. The van der Waals surface area contributed by atoms with E-state index >= 15 is 0 Å². The van der Waals surface area contributed by atoms with Gasteiger partial charge in [-0.15, -0.1) is 0 Å². The summed E-state index contributed by atoms with van der Waals surface area (Å²) >= 11 is 0. The zero-order valence-corrected chi connectivity index (χ0v) is 10.9. The van der Waals surface area contributed by atoms with Crippen molar-refractivity contribution in [2.75, 3.05) is 5.73 Å². The van der Waals surface area contributed by atoms with Crippen molar-refractivity contribution in [2.45, 2.75) is 19.7 Å². The maximum atomic E-state index is 12.4. The van der Waals surface area contributed by atoms with Crippen LogP contribution < -0.4 is 10.5 Å². The highest BCUT2D eigenvalue weighted by molar-refractivity contribution is 5.47.